The second kappa shape index (κ2) is 10.4. The number of methoxy groups -OCH3 is 1. The Labute approximate surface area is 185 Å². The van der Waals surface area contributed by atoms with Crippen molar-refractivity contribution >= 4 is 33.2 Å². The van der Waals surface area contributed by atoms with Gasteiger partial charge in [-0.2, -0.15) is 4.31 Å². The van der Waals surface area contributed by atoms with Gasteiger partial charge < -0.3 is 14.8 Å². The van der Waals surface area contributed by atoms with Crippen molar-refractivity contribution in [3.05, 3.63) is 47.4 Å². The number of hydrogen-bond acceptors (Lipinski definition) is 6. The van der Waals surface area contributed by atoms with Gasteiger partial charge in [0.1, 0.15) is 18.1 Å². The van der Waals surface area contributed by atoms with E-state index in [0.717, 1.165) is 12.1 Å². The Kier molecular flexibility index (Phi) is 7.82. The Bertz CT molecular complexity index is 1030. The van der Waals surface area contributed by atoms with Crippen molar-refractivity contribution in [2.24, 2.45) is 5.92 Å². The number of amides is 1. The third-order valence-electron chi connectivity index (χ3n) is 4.91. The van der Waals surface area contributed by atoms with Crippen LogP contribution in [0.15, 0.2) is 41.4 Å². The van der Waals surface area contributed by atoms with Crippen molar-refractivity contribution in [3.63, 3.8) is 0 Å². The van der Waals surface area contributed by atoms with Gasteiger partial charge in [0.25, 0.3) is 0 Å². The average Bonchev–Trinajstić information content (AvgIpc) is 2.77. The van der Waals surface area contributed by atoms with Crippen molar-refractivity contribution in [3.8, 4) is 5.88 Å². The van der Waals surface area contributed by atoms with E-state index in [4.69, 9.17) is 21.1 Å². The molecular weight excluding hydrogens is 449 g/mol. The smallest absolute Gasteiger partial charge is 0.243 e. The first-order valence-corrected chi connectivity index (χ1v) is 11.5. The maximum absolute atomic E-state index is 13.4. The lowest BCUT2D eigenvalue weighted by Gasteiger charge is -2.30. The summed E-state index contributed by atoms with van der Waals surface area (Å²) in [6.45, 7) is 1.01. The molecule has 2 heterocycles. The minimum absolute atomic E-state index is 0.0741. The molecule has 1 aliphatic rings. The molecule has 0 aliphatic carbocycles. The van der Waals surface area contributed by atoms with E-state index >= 15 is 0 Å². The van der Waals surface area contributed by atoms with Gasteiger partial charge in [0.15, 0.2) is 0 Å². The zero-order valence-electron chi connectivity index (χ0n) is 16.9. The van der Waals surface area contributed by atoms with E-state index in [2.05, 4.69) is 10.3 Å². The van der Waals surface area contributed by atoms with E-state index < -0.39 is 15.8 Å². The van der Waals surface area contributed by atoms with Gasteiger partial charge in [-0.15, -0.1) is 0 Å². The number of benzene rings is 1. The minimum atomic E-state index is -3.82. The van der Waals surface area contributed by atoms with Gasteiger partial charge in [0, 0.05) is 32.3 Å². The van der Waals surface area contributed by atoms with Crippen molar-refractivity contribution in [2.45, 2.75) is 17.7 Å². The summed E-state index contributed by atoms with van der Waals surface area (Å²) in [4.78, 5) is 16.8. The maximum Gasteiger partial charge on any atom is 0.243 e. The number of nitrogens with one attached hydrogen (secondary N) is 1. The normalized spacial score (nSPS) is 15.6. The summed E-state index contributed by atoms with van der Waals surface area (Å²) >= 11 is 5.72. The van der Waals surface area contributed by atoms with E-state index in [1.165, 1.54) is 10.4 Å². The summed E-state index contributed by atoms with van der Waals surface area (Å²) < 4.78 is 50.7. The van der Waals surface area contributed by atoms with Crippen LogP contribution in [0.5, 0.6) is 5.88 Å². The summed E-state index contributed by atoms with van der Waals surface area (Å²) in [5.74, 6) is -0.986. The molecule has 0 bridgehead atoms. The van der Waals surface area contributed by atoms with Gasteiger partial charge in [0.05, 0.1) is 16.5 Å². The van der Waals surface area contributed by atoms with Crippen LogP contribution in [0.3, 0.4) is 0 Å². The van der Waals surface area contributed by atoms with Crippen LogP contribution < -0.4 is 10.1 Å². The molecule has 8 nitrogen and oxygen atoms in total. The number of nitrogens with zero attached hydrogens (tertiary/aromatic N) is 2. The molecule has 31 heavy (non-hydrogen) atoms. The molecule has 0 radical (unpaired) electrons. The zero-order chi connectivity index (χ0) is 22.4. The monoisotopic (exact) mass is 471 g/mol. The van der Waals surface area contributed by atoms with Crippen LogP contribution in [0.2, 0.25) is 5.02 Å². The number of pyridine rings is 1. The van der Waals surface area contributed by atoms with Gasteiger partial charge in [-0.3, -0.25) is 4.79 Å². The fraction of sp³-hybridized carbons (Fsp3) is 0.400. The predicted octanol–water partition coefficient (Wildman–Crippen LogP) is 2.94. The van der Waals surface area contributed by atoms with Crippen LogP contribution in [0.1, 0.15) is 12.8 Å². The Morgan fingerprint density at radius 3 is 2.71 bits per heavy atom. The average molecular weight is 472 g/mol. The number of anilines is 1. The van der Waals surface area contributed by atoms with E-state index in [1.54, 1.807) is 25.4 Å². The lowest BCUT2D eigenvalue weighted by atomic mass is 9.97. The van der Waals surface area contributed by atoms with E-state index in [0.29, 0.717) is 37.6 Å². The largest absolute Gasteiger partial charge is 0.474 e. The van der Waals surface area contributed by atoms with Crippen LogP contribution in [0.25, 0.3) is 0 Å². The molecule has 1 aromatic heterocycles. The van der Waals surface area contributed by atoms with Crippen LogP contribution in [-0.4, -0.2) is 57.0 Å². The molecule has 1 saturated heterocycles. The number of ether oxygens (including phenoxy) is 2. The first-order valence-electron chi connectivity index (χ1n) is 9.65. The number of rotatable bonds is 8. The summed E-state index contributed by atoms with van der Waals surface area (Å²) in [7, 11) is -2.26. The molecular formula is C20H23ClFN3O5S. The van der Waals surface area contributed by atoms with Crippen LogP contribution >= 0.6 is 11.6 Å². The molecule has 2 aromatic rings. The number of piperidine rings is 1. The van der Waals surface area contributed by atoms with Crippen molar-refractivity contribution in [2.75, 3.05) is 38.7 Å². The molecule has 168 valence electrons. The zero-order valence-corrected chi connectivity index (χ0v) is 18.5. The number of hydrogen-bond donors (Lipinski definition) is 1. The van der Waals surface area contributed by atoms with Crippen molar-refractivity contribution < 1.29 is 27.1 Å². The third kappa shape index (κ3) is 5.70. The first kappa shape index (κ1) is 23.4. The lowest BCUT2D eigenvalue weighted by molar-refractivity contribution is -0.120. The number of halogens is 2. The van der Waals surface area contributed by atoms with Crippen molar-refractivity contribution in [1.82, 2.24) is 9.29 Å². The summed E-state index contributed by atoms with van der Waals surface area (Å²) in [6.07, 6.45) is 2.25. The molecule has 0 atom stereocenters. The lowest BCUT2D eigenvalue weighted by Crippen LogP contribution is -2.41. The number of carbonyl (C=O) groups excluding carboxylic acids is 1. The number of sulfonamides is 1. The second-order valence-electron chi connectivity index (χ2n) is 6.94. The first-order chi connectivity index (χ1) is 14.8. The van der Waals surface area contributed by atoms with E-state index in [-0.39, 0.29) is 34.8 Å². The summed E-state index contributed by atoms with van der Waals surface area (Å²) in [6, 6.07) is 6.67. The van der Waals surface area contributed by atoms with Gasteiger partial charge in [-0.05, 0) is 43.2 Å². The standard InChI is InChI=1S/C20H23ClFN3O5S/c1-29-11-12-30-20-18(3-2-8-23-20)24-19(26)14-6-9-25(10-7-14)31(27,28)15-4-5-17(22)16(21)13-15/h2-5,8,13-14H,6-7,9-12H2,1H3,(H,24,26). The maximum atomic E-state index is 13.4. The van der Waals surface area contributed by atoms with Gasteiger partial charge in [0.2, 0.25) is 21.8 Å². The molecule has 0 saturated carbocycles. The molecule has 3 rings (SSSR count). The van der Waals surface area contributed by atoms with Crippen LogP contribution in [-0.2, 0) is 19.6 Å². The highest BCUT2D eigenvalue weighted by Gasteiger charge is 2.32. The summed E-state index contributed by atoms with van der Waals surface area (Å²) in [5.41, 5.74) is 0.444. The highest BCUT2D eigenvalue weighted by Crippen LogP contribution is 2.28. The van der Waals surface area contributed by atoms with Gasteiger partial charge in [-0.25, -0.2) is 17.8 Å². The number of carbonyl (C=O) groups is 1. The Hall–Kier alpha value is -2.27. The molecule has 11 heteroatoms. The second-order valence-corrected chi connectivity index (χ2v) is 9.29. The minimum Gasteiger partial charge on any atom is -0.474 e. The van der Waals surface area contributed by atoms with E-state index in [9.17, 15) is 17.6 Å². The number of aromatic nitrogens is 1. The Balaban J connectivity index is 1.61. The fourth-order valence-electron chi connectivity index (χ4n) is 3.20. The van der Waals surface area contributed by atoms with Gasteiger partial charge in [-0.1, -0.05) is 11.6 Å². The van der Waals surface area contributed by atoms with E-state index in [1.807, 2.05) is 0 Å². The molecule has 1 fully saturated rings. The molecule has 1 N–H and O–H groups in total. The Morgan fingerprint density at radius 1 is 1.29 bits per heavy atom. The topological polar surface area (TPSA) is 97.8 Å². The highest BCUT2D eigenvalue weighted by atomic mass is 35.5. The molecule has 1 aliphatic heterocycles. The highest BCUT2D eigenvalue weighted by molar-refractivity contribution is 7.89. The SMILES string of the molecule is COCCOc1ncccc1NC(=O)C1CCN(S(=O)(=O)c2ccc(F)c(Cl)c2)CC1. The van der Waals surface area contributed by atoms with Crippen LogP contribution in [0, 0.1) is 11.7 Å². The molecule has 0 unspecified atom stereocenters. The molecule has 0 spiro atoms. The molecule has 1 aromatic carbocycles. The quantitative estimate of drug-likeness (QED) is 0.594. The third-order valence-corrected chi connectivity index (χ3v) is 7.09. The van der Waals surface area contributed by atoms with Gasteiger partial charge >= 0.3 is 0 Å². The Morgan fingerprint density at radius 2 is 2.03 bits per heavy atom. The van der Waals surface area contributed by atoms with Crippen LogP contribution in [0.4, 0.5) is 10.1 Å². The molecule has 1 amide bonds. The summed E-state index contributed by atoms with van der Waals surface area (Å²) in [5, 5.41) is 2.56. The van der Waals surface area contributed by atoms with Crippen molar-refractivity contribution in [1.29, 1.82) is 0 Å². The predicted molar refractivity (Wildman–Crippen MR) is 113 cm³/mol. The fourth-order valence-corrected chi connectivity index (χ4v) is 4.94.